The first-order chi connectivity index (χ1) is 7.15. The molecule has 0 fully saturated rings. The lowest BCUT2D eigenvalue weighted by Crippen LogP contribution is -2.32. The Hall–Kier alpha value is -1.38. The van der Waals surface area contributed by atoms with Gasteiger partial charge in [-0.25, -0.2) is 4.39 Å². The fourth-order valence-electron chi connectivity index (χ4n) is 1.40. The van der Waals surface area contributed by atoms with Crippen LogP contribution in [0.15, 0.2) is 30.3 Å². The number of rotatable bonds is 4. The molecule has 1 amide bonds. The highest BCUT2D eigenvalue weighted by Gasteiger charge is 2.19. The van der Waals surface area contributed by atoms with Gasteiger partial charge < -0.3 is 5.32 Å². The predicted octanol–water partition coefficient (Wildman–Crippen LogP) is 2.61. The lowest BCUT2D eigenvalue weighted by atomic mass is 10.0. The Balaban J connectivity index is 2.79. The van der Waals surface area contributed by atoms with E-state index in [2.05, 4.69) is 5.32 Å². The molecule has 1 aromatic carbocycles. The molecule has 0 spiro atoms. The Labute approximate surface area is 89.5 Å². The molecule has 2 nitrogen and oxygen atoms in total. The van der Waals surface area contributed by atoms with E-state index in [0.717, 1.165) is 5.56 Å². The third kappa shape index (κ3) is 3.35. The minimum absolute atomic E-state index is 0.131. The number of nitrogens with one attached hydrogen (secondary N) is 1. The Bertz CT molecular complexity index is 311. The summed E-state index contributed by atoms with van der Waals surface area (Å²) in [5.74, 6) is -0.131. The number of halogens is 1. The van der Waals surface area contributed by atoms with Gasteiger partial charge >= 0.3 is 0 Å². The summed E-state index contributed by atoms with van der Waals surface area (Å²) in [6.45, 7) is 3.20. The minimum Gasteiger partial charge on any atom is -0.346 e. The maximum absolute atomic E-state index is 13.3. The van der Waals surface area contributed by atoms with E-state index >= 15 is 0 Å². The predicted molar refractivity (Wildman–Crippen MR) is 58.2 cm³/mol. The molecule has 3 heteroatoms. The molecular weight excluding hydrogens is 193 g/mol. The Morgan fingerprint density at radius 3 is 2.47 bits per heavy atom. The number of carbonyl (C=O) groups excluding carboxylic acids is 1. The van der Waals surface area contributed by atoms with Crippen molar-refractivity contribution >= 4 is 5.91 Å². The molecule has 0 heterocycles. The van der Waals surface area contributed by atoms with Crippen molar-refractivity contribution in [2.45, 2.75) is 32.5 Å². The summed E-state index contributed by atoms with van der Waals surface area (Å²) in [5.41, 5.74) is 0.800. The number of hydrogen-bond acceptors (Lipinski definition) is 1. The molecule has 1 aromatic rings. The number of benzene rings is 1. The van der Waals surface area contributed by atoms with Crippen molar-refractivity contribution < 1.29 is 9.18 Å². The van der Waals surface area contributed by atoms with Gasteiger partial charge in [-0.3, -0.25) is 4.79 Å². The number of alkyl halides is 1. The van der Waals surface area contributed by atoms with E-state index in [0.29, 0.717) is 6.42 Å². The summed E-state index contributed by atoms with van der Waals surface area (Å²) in [7, 11) is 0. The lowest BCUT2D eigenvalue weighted by molar-refractivity contribution is -0.122. The maximum atomic E-state index is 13.3. The van der Waals surface area contributed by atoms with E-state index in [1.807, 2.05) is 30.3 Å². The Morgan fingerprint density at radius 1 is 1.40 bits per heavy atom. The average molecular weight is 209 g/mol. The van der Waals surface area contributed by atoms with Gasteiger partial charge in [0.05, 0.1) is 6.04 Å². The van der Waals surface area contributed by atoms with Crippen LogP contribution in [0.3, 0.4) is 0 Å². The van der Waals surface area contributed by atoms with Crippen molar-refractivity contribution in [1.82, 2.24) is 5.32 Å². The van der Waals surface area contributed by atoms with Crippen LogP contribution in [0, 0.1) is 0 Å². The minimum atomic E-state index is -1.09. The first-order valence-corrected chi connectivity index (χ1v) is 5.13. The number of carbonyl (C=O) groups is 1. The van der Waals surface area contributed by atoms with Gasteiger partial charge in [0, 0.05) is 6.42 Å². The first-order valence-electron chi connectivity index (χ1n) is 5.13. The molecule has 0 radical (unpaired) electrons. The Kier molecular flexibility index (Phi) is 4.28. The van der Waals surface area contributed by atoms with Gasteiger partial charge in [0.2, 0.25) is 5.91 Å². The molecular formula is C12H16FNO. The Morgan fingerprint density at radius 2 is 2.00 bits per heavy atom. The molecule has 82 valence electrons. The molecule has 0 aromatic heterocycles. The fourth-order valence-corrected chi connectivity index (χ4v) is 1.40. The van der Waals surface area contributed by atoms with Crippen molar-refractivity contribution in [2.75, 3.05) is 0 Å². The first kappa shape index (κ1) is 11.7. The van der Waals surface area contributed by atoms with E-state index < -0.39 is 12.2 Å². The number of amides is 1. The zero-order valence-corrected chi connectivity index (χ0v) is 9.03. The molecule has 15 heavy (non-hydrogen) atoms. The number of hydrogen-bond donors (Lipinski definition) is 1. The summed E-state index contributed by atoms with van der Waals surface area (Å²) < 4.78 is 13.3. The summed E-state index contributed by atoms with van der Waals surface area (Å²) in [6, 6.07) is 8.63. The fraction of sp³-hybridized carbons (Fsp3) is 0.417. The molecule has 2 atom stereocenters. The normalized spacial score (nSPS) is 14.3. The standard InChI is InChI=1S/C12H16FNO/c1-3-11(15)14-12(9(2)13)10-7-5-4-6-8-10/h4-9,12H,3H2,1-2H3,(H,14,15)/t9-,12-/m0/s1. The van der Waals surface area contributed by atoms with E-state index in [-0.39, 0.29) is 5.91 Å². The summed E-state index contributed by atoms with van der Waals surface area (Å²) >= 11 is 0. The van der Waals surface area contributed by atoms with Crippen LogP contribution in [-0.2, 0) is 4.79 Å². The second-order valence-corrected chi connectivity index (χ2v) is 3.49. The largest absolute Gasteiger partial charge is 0.346 e. The molecule has 0 bridgehead atoms. The van der Waals surface area contributed by atoms with Gasteiger partial charge in [-0.05, 0) is 12.5 Å². The van der Waals surface area contributed by atoms with Gasteiger partial charge in [-0.2, -0.15) is 0 Å². The zero-order valence-electron chi connectivity index (χ0n) is 9.03. The average Bonchev–Trinajstić information content (AvgIpc) is 2.26. The van der Waals surface area contributed by atoms with Crippen molar-refractivity contribution in [1.29, 1.82) is 0 Å². The van der Waals surface area contributed by atoms with Crippen LogP contribution in [0.25, 0.3) is 0 Å². The quantitative estimate of drug-likeness (QED) is 0.811. The van der Waals surface area contributed by atoms with Gasteiger partial charge in [0.25, 0.3) is 0 Å². The van der Waals surface area contributed by atoms with E-state index in [1.165, 1.54) is 6.92 Å². The molecule has 1 N–H and O–H groups in total. The third-order valence-corrected chi connectivity index (χ3v) is 2.26. The highest BCUT2D eigenvalue weighted by molar-refractivity contribution is 5.76. The maximum Gasteiger partial charge on any atom is 0.220 e. The molecule has 0 unspecified atom stereocenters. The van der Waals surface area contributed by atoms with Crippen LogP contribution >= 0.6 is 0 Å². The zero-order chi connectivity index (χ0) is 11.3. The third-order valence-electron chi connectivity index (χ3n) is 2.26. The van der Waals surface area contributed by atoms with Gasteiger partial charge in [-0.1, -0.05) is 37.3 Å². The molecule has 0 aliphatic rings. The van der Waals surface area contributed by atoms with E-state index in [9.17, 15) is 9.18 Å². The van der Waals surface area contributed by atoms with Gasteiger partial charge in [0.15, 0.2) is 0 Å². The van der Waals surface area contributed by atoms with Crippen molar-refractivity contribution in [2.24, 2.45) is 0 Å². The monoisotopic (exact) mass is 209 g/mol. The van der Waals surface area contributed by atoms with Crippen LogP contribution in [0.5, 0.6) is 0 Å². The molecule has 1 rings (SSSR count). The van der Waals surface area contributed by atoms with Crippen molar-refractivity contribution in [3.05, 3.63) is 35.9 Å². The molecule has 0 saturated heterocycles. The second-order valence-electron chi connectivity index (χ2n) is 3.49. The molecule has 0 aliphatic heterocycles. The summed E-state index contributed by atoms with van der Waals surface area (Å²) in [4.78, 5) is 11.2. The van der Waals surface area contributed by atoms with Crippen LogP contribution in [-0.4, -0.2) is 12.1 Å². The van der Waals surface area contributed by atoms with E-state index in [4.69, 9.17) is 0 Å². The smallest absolute Gasteiger partial charge is 0.220 e. The molecule has 0 saturated carbocycles. The lowest BCUT2D eigenvalue weighted by Gasteiger charge is -2.20. The van der Waals surface area contributed by atoms with Crippen molar-refractivity contribution in [3.63, 3.8) is 0 Å². The molecule has 0 aliphatic carbocycles. The summed E-state index contributed by atoms with van der Waals surface area (Å²) in [5, 5.41) is 2.67. The highest BCUT2D eigenvalue weighted by Crippen LogP contribution is 2.18. The van der Waals surface area contributed by atoms with Crippen molar-refractivity contribution in [3.8, 4) is 0 Å². The topological polar surface area (TPSA) is 29.1 Å². The van der Waals surface area contributed by atoms with Gasteiger partial charge in [-0.15, -0.1) is 0 Å². The van der Waals surface area contributed by atoms with E-state index in [1.54, 1.807) is 6.92 Å². The summed E-state index contributed by atoms with van der Waals surface area (Å²) in [6.07, 6.45) is -0.723. The van der Waals surface area contributed by atoms with Crippen LogP contribution in [0.4, 0.5) is 4.39 Å². The SMILES string of the molecule is CCC(=O)N[C@H](c1ccccc1)[C@H](C)F. The van der Waals surface area contributed by atoms with Gasteiger partial charge in [0.1, 0.15) is 6.17 Å². The highest BCUT2D eigenvalue weighted by atomic mass is 19.1. The van der Waals surface area contributed by atoms with Crippen LogP contribution < -0.4 is 5.32 Å². The van der Waals surface area contributed by atoms with Crippen LogP contribution in [0.1, 0.15) is 31.9 Å². The second kappa shape index (κ2) is 5.49. The van der Waals surface area contributed by atoms with Crippen LogP contribution in [0.2, 0.25) is 0 Å².